The molecule has 1 aromatic heterocycles. The van der Waals surface area contributed by atoms with Crippen molar-refractivity contribution in [3.05, 3.63) is 53.9 Å². The minimum absolute atomic E-state index is 0.832. The zero-order valence-electron chi connectivity index (χ0n) is 12.0. The molecule has 0 bridgehead atoms. The molecular weight excluding hydrogens is 250 g/mol. The lowest BCUT2D eigenvalue weighted by Crippen LogP contribution is -2.20. The van der Waals surface area contributed by atoms with Crippen LogP contribution in [0.4, 0.5) is 0 Å². The van der Waals surface area contributed by atoms with Crippen LogP contribution in [0, 0.1) is 6.92 Å². The molecule has 0 radical (unpaired) electrons. The van der Waals surface area contributed by atoms with Crippen LogP contribution in [0.15, 0.2) is 42.7 Å². The molecule has 0 aliphatic heterocycles. The summed E-state index contributed by atoms with van der Waals surface area (Å²) in [5.74, 6) is 0.899. The number of methoxy groups -OCH3 is 1. The average Bonchev–Trinajstić information content (AvgIpc) is 2.88. The average molecular weight is 271 g/mol. The molecule has 0 aliphatic carbocycles. The van der Waals surface area contributed by atoms with E-state index in [-0.39, 0.29) is 0 Å². The first-order valence-corrected chi connectivity index (χ1v) is 6.79. The molecule has 2 aromatic rings. The summed E-state index contributed by atoms with van der Waals surface area (Å²) in [6, 6.07) is 7.99. The molecule has 4 nitrogen and oxygen atoms in total. The number of benzene rings is 1. The fourth-order valence-corrected chi connectivity index (χ4v) is 1.96. The van der Waals surface area contributed by atoms with Gasteiger partial charge in [0, 0.05) is 24.8 Å². The van der Waals surface area contributed by atoms with Crippen LogP contribution in [0.1, 0.15) is 11.1 Å². The Morgan fingerprint density at radius 3 is 2.95 bits per heavy atom. The van der Waals surface area contributed by atoms with Gasteiger partial charge in [0.1, 0.15) is 5.75 Å². The normalized spacial score (nSPS) is 11.1. The molecule has 0 saturated heterocycles. The van der Waals surface area contributed by atoms with Gasteiger partial charge in [-0.25, -0.2) is 0 Å². The summed E-state index contributed by atoms with van der Waals surface area (Å²) in [6.07, 6.45) is 8.10. The molecule has 0 fully saturated rings. The van der Waals surface area contributed by atoms with E-state index < -0.39 is 0 Å². The molecular formula is C16H21N3O. The van der Waals surface area contributed by atoms with Crippen LogP contribution in [-0.4, -0.2) is 30.0 Å². The number of nitrogens with zero attached hydrogens (tertiary/aromatic N) is 2. The Morgan fingerprint density at radius 2 is 2.20 bits per heavy atom. The van der Waals surface area contributed by atoms with Gasteiger partial charge in [0.25, 0.3) is 0 Å². The highest BCUT2D eigenvalue weighted by atomic mass is 16.5. The van der Waals surface area contributed by atoms with Gasteiger partial charge >= 0.3 is 0 Å². The fourth-order valence-electron chi connectivity index (χ4n) is 1.96. The van der Waals surface area contributed by atoms with Crippen LogP contribution in [0.25, 0.3) is 6.08 Å². The number of nitrogens with one attached hydrogen (secondary N) is 1. The van der Waals surface area contributed by atoms with Crippen molar-refractivity contribution in [2.45, 2.75) is 13.5 Å². The van der Waals surface area contributed by atoms with Crippen LogP contribution >= 0.6 is 0 Å². The first kappa shape index (κ1) is 14.3. The number of aromatic nitrogens is 2. The number of hydrogen-bond donors (Lipinski definition) is 1. The first-order valence-electron chi connectivity index (χ1n) is 6.79. The second-order valence-electron chi connectivity index (χ2n) is 4.63. The maximum absolute atomic E-state index is 5.30. The minimum atomic E-state index is 0.832. The first-order chi connectivity index (χ1) is 9.79. The van der Waals surface area contributed by atoms with Gasteiger partial charge in [0.05, 0.1) is 19.9 Å². The van der Waals surface area contributed by atoms with E-state index in [2.05, 4.69) is 22.6 Å². The van der Waals surface area contributed by atoms with Gasteiger partial charge in [0.15, 0.2) is 0 Å². The SMILES string of the molecule is COc1ccccc1/C=C/CNCCn1cc(C)cn1. The van der Waals surface area contributed by atoms with Crippen molar-refractivity contribution in [2.75, 3.05) is 20.2 Å². The number of rotatable bonds is 7. The standard InChI is InChI=1S/C16H21N3O/c1-14-12-18-19(13-14)11-10-17-9-5-7-15-6-3-4-8-16(15)20-2/h3-8,12-13,17H,9-11H2,1-2H3/b7-5+. The van der Waals surface area contributed by atoms with Crippen LogP contribution < -0.4 is 10.1 Å². The molecule has 2 rings (SSSR count). The van der Waals surface area contributed by atoms with Crippen molar-refractivity contribution in [1.29, 1.82) is 0 Å². The summed E-state index contributed by atoms with van der Waals surface area (Å²) in [6.45, 7) is 4.67. The van der Waals surface area contributed by atoms with Crippen molar-refractivity contribution in [2.24, 2.45) is 0 Å². The summed E-state index contributed by atoms with van der Waals surface area (Å²) in [4.78, 5) is 0. The topological polar surface area (TPSA) is 39.1 Å². The number of hydrogen-bond acceptors (Lipinski definition) is 3. The number of ether oxygens (including phenoxy) is 1. The summed E-state index contributed by atoms with van der Waals surface area (Å²) in [7, 11) is 1.69. The number of para-hydroxylation sites is 1. The molecule has 0 atom stereocenters. The predicted molar refractivity (Wildman–Crippen MR) is 81.9 cm³/mol. The van der Waals surface area contributed by atoms with Gasteiger partial charge in [0.2, 0.25) is 0 Å². The van der Waals surface area contributed by atoms with Gasteiger partial charge in [-0.2, -0.15) is 5.10 Å². The summed E-state index contributed by atoms with van der Waals surface area (Å²) >= 11 is 0. The Labute approximate surface area is 120 Å². The van der Waals surface area contributed by atoms with E-state index in [0.717, 1.165) is 30.9 Å². The molecule has 4 heteroatoms. The zero-order valence-corrected chi connectivity index (χ0v) is 12.0. The molecule has 0 unspecified atom stereocenters. The van der Waals surface area contributed by atoms with Crippen LogP contribution in [-0.2, 0) is 6.54 Å². The van der Waals surface area contributed by atoms with E-state index in [1.807, 2.05) is 48.3 Å². The lowest BCUT2D eigenvalue weighted by atomic mass is 10.2. The van der Waals surface area contributed by atoms with E-state index >= 15 is 0 Å². The fraction of sp³-hybridized carbons (Fsp3) is 0.312. The third kappa shape index (κ3) is 4.24. The summed E-state index contributed by atoms with van der Waals surface area (Å²) in [5, 5.41) is 7.61. The van der Waals surface area contributed by atoms with Crippen molar-refractivity contribution in [3.8, 4) is 5.75 Å². The second kappa shape index (κ2) is 7.50. The molecule has 0 saturated carbocycles. The van der Waals surface area contributed by atoms with Gasteiger partial charge in [-0.05, 0) is 18.6 Å². The predicted octanol–water partition coefficient (Wildman–Crippen LogP) is 2.50. The third-order valence-corrected chi connectivity index (χ3v) is 2.98. The van der Waals surface area contributed by atoms with Gasteiger partial charge in [-0.1, -0.05) is 30.4 Å². The lowest BCUT2D eigenvalue weighted by molar-refractivity contribution is 0.414. The van der Waals surface area contributed by atoms with Crippen molar-refractivity contribution >= 4 is 6.08 Å². The molecule has 0 amide bonds. The van der Waals surface area contributed by atoms with Crippen molar-refractivity contribution < 1.29 is 4.74 Å². The maximum Gasteiger partial charge on any atom is 0.126 e. The van der Waals surface area contributed by atoms with E-state index in [1.165, 1.54) is 5.56 Å². The number of aryl methyl sites for hydroxylation is 1. The van der Waals surface area contributed by atoms with E-state index in [9.17, 15) is 0 Å². The largest absolute Gasteiger partial charge is 0.496 e. The van der Waals surface area contributed by atoms with E-state index in [1.54, 1.807) is 7.11 Å². The Hall–Kier alpha value is -2.07. The Morgan fingerprint density at radius 1 is 1.35 bits per heavy atom. The highest BCUT2D eigenvalue weighted by molar-refractivity contribution is 5.57. The summed E-state index contributed by atoms with van der Waals surface area (Å²) in [5.41, 5.74) is 2.29. The van der Waals surface area contributed by atoms with E-state index in [4.69, 9.17) is 4.74 Å². The maximum atomic E-state index is 5.30. The van der Waals surface area contributed by atoms with Gasteiger partial charge < -0.3 is 10.1 Å². The Bertz CT molecular complexity index is 560. The van der Waals surface area contributed by atoms with E-state index in [0.29, 0.717) is 0 Å². The highest BCUT2D eigenvalue weighted by Crippen LogP contribution is 2.18. The smallest absolute Gasteiger partial charge is 0.126 e. The van der Waals surface area contributed by atoms with Crippen LogP contribution in [0.5, 0.6) is 5.75 Å². The molecule has 1 aromatic carbocycles. The molecule has 106 valence electrons. The van der Waals surface area contributed by atoms with Crippen LogP contribution in [0.2, 0.25) is 0 Å². The van der Waals surface area contributed by atoms with Gasteiger partial charge in [-0.15, -0.1) is 0 Å². The lowest BCUT2D eigenvalue weighted by Gasteiger charge is -2.04. The van der Waals surface area contributed by atoms with Crippen molar-refractivity contribution in [3.63, 3.8) is 0 Å². The second-order valence-corrected chi connectivity index (χ2v) is 4.63. The Balaban J connectivity index is 1.71. The van der Waals surface area contributed by atoms with Gasteiger partial charge in [-0.3, -0.25) is 4.68 Å². The monoisotopic (exact) mass is 271 g/mol. The molecule has 1 heterocycles. The molecule has 1 N–H and O–H groups in total. The molecule has 20 heavy (non-hydrogen) atoms. The van der Waals surface area contributed by atoms with Crippen molar-refractivity contribution in [1.82, 2.24) is 15.1 Å². The minimum Gasteiger partial charge on any atom is -0.496 e. The van der Waals surface area contributed by atoms with Crippen LogP contribution in [0.3, 0.4) is 0 Å². The molecule has 0 aliphatic rings. The third-order valence-electron chi connectivity index (χ3n) is 2.98. The highest BCUT2D eigenvalue weighted by Gasteiger charge is 1.96. The zero-order chi connectivity index (χ0) is 14.2. The Kier molecular flexibility index (Phi) is 5.38. The molecule has 0 spiro atoms. The summed E-state index contributed by atoms with van der Waals surface area (Å²) < 4.78 is 7.25. The quantitative estimate of drug-likeness (QED) is 0.786.